The zero-order chi connectivity index (χ0) is 19.8. The van der Waals surface area contributed by atoms with Crippen molar-refractivity contribution in [2.75, 3.05) is 4.90 Å². The van der Waals surface area contributed by atoms with Gasteiger partial charge < -0.3 is 0 Å². The van der Waals surface area contributed by atoms with Gasteiger partial charge in [0.05, 0.1) is 5.69 Å². The molecule has 5 nitrogen and oxygen atoms in total. The van der Waals surface area contributed by atoms with E-state index >= 15 is 0 Å². The fourth-order valence-corrected chi connectivity index (χ4v) is 3.46. The number of nitrogens with one attached hydrogen (secondary N) is 1. The summed E-state index contributed by atoms with van der Waals surface area (Å²) in [5.41, 5.74) is 2.93. The number of barbiturate groups is 1. The zero-order valence-corrected chi connectivity index (χ0v) is 15.5. The summed E-state index contributed by atoms with van der Waals surface area (Å²) in [6.07, 6.45) is 1.54. The van der Waals surface area contributed by atoms with Gasteiger partial charge in [0.25, 0.3) is 11.8 Å². The van der Waals surface area contributed by atoms with Crippen LogP contribution in [-0.4, -0.2) is 17.8 Å². The fraction of sp³-hybridized carbons (Fsp3) is 0.0870. The Morgan fingerprint density at radius 2 is 1.64 bits per heavy atom. The summed E-state index contributed by atoms with van der Waals surface area (Å²) < 4.78 is 0. The van der Waals surface area contributed by atoms with Crippen LogP contribution in [0.3, 0.4) is 0 Å². The Morgan fingerprint density at radius 3 is 2.43 bits per heavy atom. The third-order valence-corrected chi connectivity index (χ3v) is 4.82. The summed E-state index contributed by atoms with van der Waals surface area (Å²) in [7, 11) is 0. The van der Waals surface area contributed by atoms with Gasteiger partial charge in [-0.25, -0.2) is 9.69 Å². The lowest BCUT2D eigenvalue weighted by Crippen LogP contribution is -2.54. The number of hydrogen-bond acceptors (Lipinski definition) is 3. The van der Waals surface area contributed by atoms with E-state index in [0.29, 0.717) is 5.69 Å². The summed E-state index contributed by atoms with van der Waals surface area (Å²) in [5, 5.41) is 4.20. The molecule has 0 atom stereocenters. The molecule has 1 fully saturated rings. The Kier molecular flexibility index (Phi) is 4.28. The number of imide groups is 2. The van der Waals surface area contributed by atoms with E-state index in [1.54, 1.807) is 12.1 Å². The molecule has 28 heavy (non-hydrogen) atoms. The first-order valence-corrected chi connectivity index (χ1v) is 8.92. The molecule has 138 valence electrons. The Bertz CT molecular complexity index is 1170. The van der Waals surface area contributed by atoms with Gasteiger partial charge in [0.2, 0.25) is 0 Å². The molecule has 0 aliphatic carbocycles. The monoisotopic (exact) mass is 370 g/mol. The van der Waals surface area contributed by atoms with Gasteiger partial charge in [-0.2, -0.15) is 0 Å². The van der Waals surface area contributed by atoms with E-state index < -0.39 is 17.8 Å². The lowest BCUT2D eigenvalue weighted by Gasteiger charge is -2.27. The number of aryl methyl sites for hydroxylation is 2. The molecular weight excluding hydrogens is 352 g/mol. The summed E-state index contributed by atoms with van der Waals surface area (Å²) in [6.45, 7) is 3.76. The molecule has 0 aromatic heterocycles. The van der Waals surface area contributed by atoms with E-state index in [9.17, 15) is 14.4 Å². The molecule has 1 aliphatic rings. The maximum atomic E-state index is 13.1. The highest BCUT2D eigenvalue weighted by molar-refractivity contribution is 6.39. The highest BCUT2D eigenvalue weighted by Crippen LogP contribution is 2.27. The van der Waals surface area contributed by atoms with Crippen LogP contribution in [0.25, 0.3) is 16.8 Å². The summed E-state index contributed by atoms with van der Waals surface area (Å²) in [6, 6.07) is 18.1. The van der Waals surface area contributed by atoms with Crippen molar-refractivity contribution in [2.45, 2.75) is 13.8 Å². The highest BCUT2D eigenvalue weighted by Gasteiger charge is 2.37. The van der Waals surface area contributed by atoms with Crippen molar-refractivity contribution >= 4 is 40.4 Å². The largest absolute Gasteiger partial charge is 0.335 e. The Balaban J connectivity index is 1.82. The Morgan fingerprint density at radius 1 is 0.893 bits per heavy atom. The summed E-state index contributed by atoms with van der Waals surface area (Å²) in [4.78, 5) is 39.0. The van der Waals surface area contributed by atoms with Crippen molar-refractivity contribution in [3.05, 3.63) is 82.9 Å². The fourth-order valence-electron chi connectivity index (χ4n) is 3.46. The number of fused-ring (bicyclic) bond motifs is 1. The van der Waals surface area contributed by atoms with E-state index in [0.717, 1.165) is 32.4 Å². The standard InChI is InChI=1S/C23H18N2O3/c1-14-10-11-20(15(2)12-14)25-22(27)19(21(26)24-23(25)28)13-17-8-5-7-16-6-3-4-9-18(16)17/h3-13H,1-2H3,(H,24,26,28)/b19-13+. The maximum Gasteiger partial charge on any atom is 0.335 e. The second kappa shape index (κ2) is 6.78. The van der Waals surface area contributed by atoms with Crippen molar-refractivity contribution in [3.63, 3.8) is 0 Å². The summed E-state index contributed by atoms with van der Waals surface area (Å²) in [5.74, 6) is -1.32. The number of anilines is 1. The number of rotatable bonds is 2. The molecule has 1 saturated heterocycles. The van der Waals surface area contributed by atoms with Crippen LogP contribution in [0.5, 0.6) is 0 Å². The third kappa shape index (κ3) is 2.97. The SMILES string of the molecule is Cc1ccc(N2C(=O)NC(=O)/C(=C\c3cccc4ccccc34)C2=O)c(C)c1. The Hall–Kier alpha value is -3.73. The van der Waals surface area contributed by atoms with Crippen LogP contribution in [0.2, 0.25) is 0 Å². The van der Waals surface area contributed by atoms with Crippen LogP contribution < -0.4 is 10.2 Å². The van der Waals surface area contributed by atoms with E-state index in [2.05, 4.69) is 5.32 Å². The molecule has 3 aromatic carbocycles. The van der Waals surface area contributed by atoms with Crippen molar-refractivity contribution in [2.24, 2.45) is 0 Å². The quantitative estimate of drug-likeness (QED) is 0.545. The van der Waals surface area contributed by atoms with Crippen LogP contribution in [0, 0.1) is 13.8 Å². The molecule has 1 N–H and O–H groups in total. The molecule has 0 saturated carbocycles. The van der Waals surface area contributed by atoms with Crippen LogP contribution in [0.15, 0.2) is 66.2 Å². The van der Waals surface area contributed by atoms with Crippen molar-refractivity contribution in [3.8, 4) is 0 Å². The third-order valence-electron chi connectivity index (χ3n) is 4.82. The van der Waals surface area contributed by atoms with E-state index in [1.165, 1.54) is 0 Å². The minimum absolute atomic E-state index is 0.0732. The predicted molar refractivity (Wildman–Crippen MR) is 109 cm³/mol. The van der Waals surface area contributed by atoms with Gasteiger partial charge in [-0.05, 0) is 47.9 Å². The van der Waals surface area contributed by atoms with E-state index in [4.69, 9.17) is 0 Å². The van der Waals surface area contributed by atoms with Crippen LogP contribution in [0.1, 0.15) is 16.7 Å². The number of carbonyl (C=O) groups excluding carboxylic acids is 3. The van der Waals surface area contributed by atoms with Gasteiger partial charge in [-0.1, -0.05) is 60.2 Å². The molecule has 0 radical (unpaired) electrons. The normalized spacial score (nSPS) is 16.0. The molecule has 1 heterocycles. The molecule has 3 aromatic rings. The minimum atomic E-state index is -0.739. The average molecular weight is 370 g/mol. The first-order valence-electron chi connectivity index (χ1n) is 8.92. The predicted octanol–water partition coefficient (Wildman–Crippen LogP) is 4.12. The maximum absolute atomic E-state index is 13.1. The molecular formula is C23H18N2O3. The first kappa shape index (κ1) is 17.7. The minimum Gasteiger partial charge on any atom is -0.273 e. The van der Waals surface area contributed by atoms with Gasteiger partial charge in [-0.3, -0.25) is 14.9 Å². The number of amides is 4. The van der Waals surface area contributed by atoms with Gasteiger partial charge in [0, 0.05) is 0 Å². The number of hydrogen-bond donors (Lipinski definition) is 1. The van der Waals surface area contributed by atoms with Gasteiger partial charge in [-0.15, -0.1) is 0 Å². The van der Waals surface area contributed by atoms with Crippen molar-refractivity contribution in [1.29, 1.82) is 0 Å². The molecule has 4 amide bonds. The van der Waals surface area contributed by atoms with Gasteiger partial charge in [0.1, 0.15) is 5.57 Å². The molecule has 5 heteroatoms. The second-order valence-electron chi connectivity index (χ2n) is 6.82. The zero-order valence-electron chi connectivity index (χ0n) is 15.5. The highest BCUT2D eigenvalue weighted by atomic mass is 16.2. The smallest absolute Gasteiger partial charge is 0.273 e. The number of carbonyl (C=O) groups is 3. The molecule has 1 aliphatic heterocycles. The van der Waals surface area contributed by atoms with Crippen molar-refractivity contribution < 1.29 is 14.4 Å². The topological polar surface area (TPSA) is 66.5 Å². The summed E-state index contributed by atoms with van der Waals surface area (Å²) >= 11 is 0. The van der Waals surface area contributed by atoms with Gasteiger partial charge >= 0.3 is 6.03 Å². The Labute approximate surface area is 162 Å². The number of benzene rings is 3. The van der Waals surface area contributed by atoms with Crippen LogP contribution in [0.4, 0.5) is 10.5 Å². The molecule has 0 bridgehead atoms. The number of nitrogens with zero attached hydrogens (tertiary/aromatic N) is 1. The number of urea groups is 1. The van der Waals surface area contributed by atoms with E-state index in [1.807, 2.05) is 68.4 Å². The lowest BCUT2D eigenvalue weighted by molar-refractivity contribution is -0.122. The molecule has 0 unspecified atom stereocenters. The van der Waals surface area contributed by atoms with E-state index in [-0.39, 0.29) is 5.57 Å². The van der Waals surface area contributed by atoms with Crippen LogP contribution >= 0.6 is 0 Å². The first-order chi connectivity index (χ1) is 13.5. The molecule has 4 rings (SSSR count). The molecule has 0 spiro atoms. The van der Waals surface area contributed by atoms with Gasteiger partial charge in [0.15, 0.2) is 0 Å². The lowest BCUT2D eigenvalue weighted by atomic mass is 10.0. The second-order valence-corrected chi connectivity index (χ2v) is 6.82. The average Bonchev–Trinajstić information content (AvgIpc) is 2.66. The van der Waals surface area contributed by atoms with Crippen LogP contribution in [-0.2, 0) is 9.59 Å². The van der Waals surface area contributed by atoms with Crippen molar-refractivity contribution in [1.82, 2.24) is 5.32 Å².